The maximum atomic E-state index is 13.8. The summed E-state index contributed by atoms with van der Waals surface area (Å²) < 4.78 is 15.7. The van der Waals surface area contributed by atoms with Crippen molar-refractivity contribution in [2.24, 2.45) is 11.8 Å². The third-order valence-corrected chi connectivity index (χ3v) is 5.40. The Morgan fingerprint density at radius 1 is 1.13 bits per heavy atom. The number of fused-ring (bicyclic) bond motifs is 1. The summed E-state index contributed by atoms with van der Waals surface area (Å²) in [5.41, 5.74) is 0.760. The van der Waals surface area contributed by atoms with Gasteiger partial charge in [0.2, 0.25) is 0 Å². The fourth-order valence-corrected chi connectivity index (χ4v) is 4.26. The van der Waals surface area contributed by atoms with Gasteiger partial charge in [0.15, 0.2) is 0 Å². The standard InChI is InChI=1S/C18H22FN3O/c19-16-5-2-1-4-13(16)10-21-11-14-8-17(22-7-3-6-20-22)18(23)9-15(14)12-21/h1-7,14-15,17-18,23H,8-12H2/t14-,15+,17-,18-/m0/s1. The number of aromatic nitrogens is 2. The van der Waals surface area contributed by atoms with Gasteiger partial charge in [0.25, 0.3) is 0 Å². The zero-order valence-electron chi connectivity index (χ0n) is 13.1. The minimum Gasteiger partial charge on any atom is -0.391 e. The third kappa shape index (κ3) is 2.91. The number of benzene rings is 1. The minimum absolute atomic E-state index is 0.0691. The lowest BCUT2D eigenvalue weighted by Crippen LogP contribution is -2.36. The molecule has 4 nitrogen and oxygen atoms in total. The van der Waals surface area contributed by atoms with Gasteiger partial charge in [0.05, 0.1) is 12.1 Å². The average Bonchev–Trinajstić information content (AvgIpc) is 3.17. The molecule has 1 aromatic carbocycles. The van der Waals surface area contributed by atoms with Gasteiger partial charge in [-0.1, -0.05) is 18.2 Å². The Morgan fingerprint density at radius 2 is 1.91 bits per heavy atom. The summed E-state index contributed by atoms with van der Waals surface area (Å²) in [5, 5.41) is 14.8. The normalized spacial score (nSPS) is 31.2. The first kappa shape index (κ1) is 14.8. The van der Waals surface area contributed by atoms with Crippen LogP contribution in [0.25, 0.3) is 0 Å². The van der Waals surface area contributed by atoms with E-state index in [1.165, 1.54) is 6.07 Å². The fraction of sp³-hybridized carbons (Fsp3) is 0.500. The van der Waals surface area contributed by atoms with E-state index in [9.17, 15) is 9.50 Å². The van der Waals surface area contributed by atoms with Crippen LogP contribution in [-0.4, -0.2) is 39.0 Å². The number of hydrogen-bond donors (Lipinski definition) is 1. The summed E-state index contributed by atoms with van der Waals surface area (Å²) in [6.07, 6.45) is 5.10. The molecule has 1 aliphatic carbocycles. The van der Waals surface area contributed by atoms with E-state index in [-0.39, 0.29) is 18.0 Å². The van der Waals surface area contributed by atoms with E-state index < -0.39 is 0 Å². The van der Waals surface area contributed by atoms with Gasteiger partial charge in [-0.3, -0.25) is 9.58 Å². The lowest BCUT2D eigenvalue weighted by molar-refractivity contribution is 0.0306. The molecule has 2 aromatic rings. The Kier molecular flexibility index (Phi) is 3.91. The molecule has 1 aliphatic heterocycles. The zero-order valence-corrected chi connectivity index (χ0v) is 13.1. The Morgan fingerprint density at radius 3 is 2.65 bits per heavy atom. The van der Waals surface area contributed by atoms with Crippen LogP contribution in [0.4, 0.5) is 4.39 Å². The molecule has 23 heavy (non-hydrogen) atoms. The van der Waals surface area contributed by atoms with Gasteiger partial charge in [-0.25, -0.2) is 4.39 Å². The Labute approximate surface area is 135 Å². The molecule has 2 aliphatic rings. The van der Waals surface area contributed by atoms with E-state index in [0.29, 0.717) is 18.4 Å². The summed E-state index contributed by atoms with van der Waals surface area (Å²) in [6, 6.07) is 8.97. The van der Waals surface area contributed by atoms with Crippen molar-refractivity contribution in [3.63, 3.8) is 0 Å². The summed E-state index contributed by atoms with van der Waals surface area (Å²) in [6.45, 7) is 2.58. The number of hydrogen-bond acceptors (Lipinski definition) is 3. The molecule has 5 heteroatoms. The van der Waals surface area contributed by atoms with Gasteiger partial charge in [-0.2, -0.15) is 5.10 Å². The highest BCUT2D eigenvalue weighted by Crippen LogP contribution is 2.41. The lowest BCUT2D eigenvalue weighted by Gasteiger charge is -2.35. The van der Waals surface area contributed by atoms with Crippen LogP contribution >= 0.6 is 0 Å². The Bertz CT molecular complexity index is 660. The van der Waals surface area contributed by atoms with Gasteiger partial charge < -0.3 is 5.11 Å². The molecule has 0 unspecified atom stereocenters. The van der Waals surface area contributed by atoms with E-state index in [4.69, 9.17) is 0 Å². The van der Waals surface area contributed by atoms with E-state index in [1.807, 2.05) is 29.1 Å². The molecule has 1 saturated carbocycles. The second-order valence-electron chi connectivity index (χ2n) is 6.90. The third-order valence-electron chi connectivity index (χ3n) is 5.40. The van der Waals surface area contributed by atoms with E-state index in [2.05, 4.69) is 10.00 Å². The second kappa shape index (κ2) is 6.06. The molecule has 2 heterocycles. The number of rotatable bonds is 3. The van der Waals surface area contributed by atoms with Crippen molar-refractivity contribution in [1.82, 2.24) is 14.7 Å². The molecule has 1 saturated heterocycles. The van der Waals surface area contributed by atoms with E-state index in [0.717, 1.165) is 31.5 Å². The predicted molar refractivity (Wildman–Crippen MR) is 85.2 cm³/mol. The van der Waals surface area contributed by atoms with Crippen molar-refractivity contribution >= 4 is 0 Å². The predicted octanol–water partition coefficient (Wildman–Crippen LogP) is 2.47. The summed E-state index contributed by atoms with van der Waals surface area (Å²) in [7, 11) is 0. The topological polar surface area (TPSA) is 41.3 Å². The number of aliphatic hydroxyl groups is 1. The maximum Gasteiger partial charge on any atom is 0.127 e. The lowest BCUT2D eigenvalue weighted by atomic mass is 9.77. The molecule has 0 spiro atoms. The van der Waals surface area contributed by atoms with Crippen LogP contribution in [0.1, 0.15) is 24.4 Å². The van der Waals surface area contributed by atoms with Crippen LogP contribution in [0, 0.1) is 17.7 Å². The summed E-state index contributed by atoms with van der Waals surface area (Å²) in [5.74, 6) is 0.930. The number of halogens is 1. The van der Waals surface area contributed by atoms with Gasteiger partial charge in [0.1, 0.15) is 5.82 Å². The molecule has 0 amide bonds. The van der Waals surface area contributed by atoms with E-state index >= 15 is 0 Å². The van der Waals surface area contributed by atoms with Crippen LogP contribution in [0.2, 0.25) is 0 Å². The number of aliphatic hydroxyl groups excluding tert-OH is 1. The number of nitrogens with zero attached hydrogens (tertiary/aromatic N) is 3. The van der Waals surface area contributed by atoms with Crippen molar-refractivity contribution in [2.75, 3.05) is 13.1 Å². The van der Waals surface area contributed by atoms with Crippen LogP contribution in [-0.2, 0) is 6.54 Å². The molecule has 4 rings (SSSR count). The first-order valence-electron chi connectivity index (χ1n) is 8.33. The van der Waals surface area contributed by atoms with Gasteiger partial charge in [-0.05, 0) is 36.8 Å². The first-order valence-corrected chi connectivity index (χ1v) is 8.33. The number of likely N-dealkylation sites (tertiary alicyclic amines) is 1. The molecule has 122 valence electrons. The van der Waals surface area contributed by atoms with Crippen molar-refractivity contribution in [2.45, 2.75) is 31.5 Å². The molecule has 2 fully saturated rings. The van der Waals surface area contributed by atoms with Gasteiger partial charge in [0, 0.05) is 37.6 Å². The highest BCUT2D eigenvalue weighted by molar-refractivity contribution is 5.17. The maximum absolute atomic E-state index is 13.8. The highest BCUT2D eigenvalue weighted by atomic mass is 19.1. The largest absolute Gasteiger partial charge is 0.391 e. The van der Waals surface area contributed by atoms with Gasteiger partial charge in [-0.15, -0.1) is 0 Å². The van der Waals surface area contributed by atoms with Crippen molar-refractivity contribution < 1.29 is 9.50 Å². The van der Waals surface area contributed by atoms with Crippen molar-refractivity contribution in [3.05, 3.63) is 54.1 Å². The van der Waals surface area contributed by atoms with Crippen molar-refractivity contribution in [3.8, 4) is 0 Å². The average molecular weight is 315 g/mol. The molecule has 1 N–H and O–H groups in total. The molecule has 4 atom stereocenters. The van der Waals surface area contributed by atoms with Gasteiger partial charge >= 0.3 is 0 Å². The zero-order chi connectivity index (χ0) is 15.8. The second-order valence-corrected chi connectivity index (χ2v) is 6.90. The first-order chi connectivity index (χ1) is 11.2. The van der Waals surface area contributed by atoms with E-state index in [1.54, 1.807) is 12.3 Å². The molecule has 1 aromatic heterocycles. The Hall–Kier alpha value is -1.72. The van der Waals surface area contributed by atoms with Crippen LogP contribution in [0.5, 0.6) is 0 Å². The molecule has 0 radical (unpaired) electrons. The Balaban J connectivity index is 1.44. The SMILES string of the molecule is O[C@H]1C[C@@H]2CN(Cc3ccccc3F)C[C@@H]2C[C@@H]1n1cccn1. The highest BCUT2D eigenvalue weighted by Gasteiger charge is 2.42. The summed E-state index contributed by atoms with van der Waals surface area (Å²) in [4.78, 5) is 2.33. The molecular formula is C18H22FN3O. The van der Waals surface area contributed by atoms with Crippen LogP contribution in [0.3, 0.4) is 0 Å². The van der Waals surface area contributed by atoms with Crippen molar-refractivity contribution in [1.29, 1.82) is 0 Å². The summed E-state index contributed by atoms with van der Waals surface area (Å²) >= 11 is 0. The molecular weight excluding hydrogens is 293 g/mol. The smallest absolute Gasteiger partial charge is 0.127 e. The van der Waals surface area contributed by atoms with Crippen LogP contribution in [0.15, 0.2) is 42.7 Å². The fourth-order valence-electron chi connectivity index (χ4n) is 4.26. The quantitative estimate of drug-likeness (QED) is 0.946. The monoisotopic (exact) mass is 315 g/mol. The molecule has 0 bridgehead atoms. The van der Waals surface area contributed by atoms with Crippen LogP contribution < -0.4 is 0 Å². The minimum atomic E-state index is -0.343.